The second-order valence-electron chi connectivity index (χ2n) is 18.1. The molecule has 1 atom stereocenters. The van der Waals surface area contributed by atoms with Gasteiger partial charge >= 0.3 is 0 Å². The summed E-state index contributed by atoms with van der Waals surface area (Å²) in [4.78, 5) is 3.73. The van der Waals surface area contributed by atoms with E-state index >= 15 is 0 Å². The second kappa shape index (κ2) is 24.2. The van der Waals surface area contributed by atoms with Crippen molar-refractivity contribution in [2.24, 2.45) is 0 Å². The summed E-state index contributed by atoms with van der Waals surface area (Å²) in [7, 11) is 0. The lowest BCUT2D eigenvalue weighted by Crippen LogP contribution is -2.27. The van der Waals surface area contributed by atoms with Crippen molar-refractivity contribution in [3.8, 4) is 11.1 Å². The molecule has 11 rings (SSSR count). The van der Waals surface area contributed by atoms with Crippen LogP contribution in [-0.4, -0.2) is 0 Å². The highest BCUT2D eigenvalue weighted by Gasteiger charge is 2.53. The van der Waals surface area contributed by atoms with Crippen molar-refractivity contribution < 1.29 is 0 Å². The molecule has 0 bridgehead atoms. The van der Waals surface area contributed by atoms with Crippen molar-refractivity contribution >= 4 is 55.7 Å². The number of allylic oxidation sites excluding steroid dienone is 8. The molecule has 1 aromatic heterocycles. The number of fused-ring (bicyclic) bond motifs is 8. The number of rotatable bonds is 8. The van der Waals surface area contributed by atoms with E-state index in [1.165, 1.54) is 111 Å². The summed E-state index contributed by atoms with van der Waals surface area (Å²) in [6.45, 7) is 25.0. The molecule has 3 aliphatic rings. The Balaban J connectivity index is 0.000000233. The summed E-state index contributed by atoms with van der Waals surface area (Å²) in [5.74, 6) is 0. The van der Waals surface area contributed by atoms with E-state index < -0.39 is 5.41 Å². The number of para-hydroxylation sites is 2. The molecule has 8 aromatic rings. The maximum Gasteiger partial charge on any atom is 0.0729 e. The third-order valence-corrected chi connectivity index (χ3v) is 15.0. The van der Waals surface area contributed by atoms with Crippen molar-refractivity contribution in [2.75, 3.05) is 4.90 Å². The normalized spacial score (nSPS) is 14.6. The zero-order valence-electron chi connectivity index (χ0n) is 43.9. The minimum atomic E-state index is -0.418. The van der Waals surface area contributed by atoms with E-state index in [-0.39, 0.29) is 0 Å². The van der Waals surface area contributed by atoms with Gasteiger partial charge in [0.05, 0.1) is 5.41 Å². The Bertz CT molecular complexity index is 3170. The number of hydrogen-bond donors (Lipinski definition) is 0. The summed E-state index contributed by atoms with van der Waals surface area (Å²) in [6, 6.07) is 60.5. The van der Waals surface area contributed by atoms with Crippen molar-refractivity contribution in [3.63, 3.8) is 0 Å². The first-order valence-corrected chi connectivity index (χ1v) is 26.7. The van der Waals surface area contributed by atoms with Crippen molar-refractivity contribution in [1.29, 1.82) is 0 Å². The summed E-state index contributed by atoms with van der Waals surface area (Å²) in [5.41, 5.74) is 22.3. The van der Waals surface area contributed by atoms with Crippen LogP contribution in [0.5, 0.6) is 0 Å². The molecule has 2 heteroatoms. The lowest BCUT2D eigenvalue weighted by molar-refractivity contribution is 0.838. The van der Waals surface area contributed by atoms with Crippen LogP contribution in [0.15, 0.2) is 206 Å². The van der Waals surface area contributed by atoms with Crippen molar-refractivity contribution in [3.05, 3.63) is 261 Å². The Morgan fingerprint density at radius 3 is 1.79 bits per heavy atom. The molecular formula is C69H73NS. The standard InChI is InChI=1S/C44H37N.C14H14S.C7H10.2C2H6/c1-4-15-39-38-27-25-34(45(32-17-7-5-8-18-32)33-19-9-6-10-20-33)29-42(38)44(43(39)35-21-12-11-16-31(35)3)40-23-14-13-22-36(40)37-26-24-30(2)28-41(37)44;1-4-5-9-13-11(3)12-8-6-7-10(2)14(12)15-13;1-7-5-3-2-4-6-7;2*1-2/h5-14,16-29H,4,15H2,1-3H3;4-9H,1H2,2-3H3;3,5-6H,2,4H2,1H3;2*1-2H3/b;9-5-;;;. The lowest BCUT2D eigenvalue weighted by Gasteiger charge is -2.35. The van der Waals surface area contributed by atoms with E-state index in [0.29, 0.717) is 0 Å². The maximum absolute atomic E-state index is 3.69. The van der Waals surface area contributed by atoms with Crippen LogP contribution in [0.25, 0.3) is 38.4 Å². The predicted octanol–water partition coefficient (Wildman–Crippen LogP) is 20.9. The highest BCUT2D eigenvalue weighted by molar-refractivity contribution is 7.20. The Labute approximate surface area is 431 Å². The van der Waals surface area contributed by atoms with Crippen LogP contribution in [0.4, 0.5) is 17.1 Å². The average molecular weight is 948 g/mol. The highest BCUT2D eigenvalue weighted by atomic mass is 32.1. The fraction of sp³-hybridized carbons (Fsp3) is 0.217. The van der Waals surface area contributed by atoms with Gasteiger partial charge in [-0.15, -0.1) is 11.3 Å². The molecule has 71 heavy (non-hydrogen) atoms. The molecule has 0 radical (unpaired) electrons. The van der Waals surface area contributed by atoms with Crippen LogP contribution in [0.1, 0.15) is 122 Å². The number of nitrogens with zero attached hydrogens (tertiary/aromatic N) is 1. The van der Waals surface area contributed by atoms with Crippen LogP contribution in [0.2, 0.25) is 0 Å². The van der Waals surface area contributed by atoms with Crippen LogP contribution in [0, 0.1) is 27.7 Å². The van der Waals surface area contributed by atoms with Gasteiger partial charge in [0.25, 0.3) is 0 Å². The van der Waals surface area contributed by atoms with Crippen molar-refractivity contribution in [1.82, 2.24) is 0 Å². The number of thiophene rings is 1. The second-order valence-corrected chi connectivity index (χ2v) is 19.1. The van der Waals surface area contributed by atoms with Crippen LogP contribution >= 0.6 is 11.3 Å². The SMILES string of the molecule is C=C/C=C\c1sc2c(C)cccc2c1C.CC.CC.CC1=CCCC=C1.CCCC1=C(c2ccccc2C)C2(c3cc(N(c4ccccc4)c4ccccc4)ccc31)c1ccccc1-c1ccc(C)cc12. The van der Waals surface area contributed by atoms with E-state index in [0.717, 1.165) is 24.2 Å². The van der Waals surface area contributed by atoms with Crippen LogP contribution in [-0.2, 0) is 5.41 Å². The van der Waals surface area contributed by atoms with Gasteiger partial charge in [-0.25, -0.2) is 0 Å². The molecule has 360 valence electrons. The fourth-order valence-corrected chi connectivity index (χ4v) is 11.7. The maximum atomic E-state index is 3.69. The molecule has 0 aliphatic heterocycles. The molecule has 0 N–H and O–H groups in total. The van der Waals surface area contributed by atoms with Gasteiger partial charge in [-0.05, 0) is 169 Å². The van der Waals surface area contributed by atoms with Crippen LogP contribution < -0.4 is 4.90 Å². The van der Waals surface area contributed by atoms with Gasteiger partial charge in [-0.3, -0.25) is 0 Å². The minimum absolute atomic E-state index is 0.418. The predicted molar refractivity (Wildman–Crippen MR) is 316 cm³/mol. The van der Waals surface area contributed by atoms with E-state index in [9.17, 15) is 0 Å². The molecule has 0 saturated carbocycles. The molecule has 0 fully saturated rings. The van der Waals surface area contributed by atoms with Gasteiger partial charge in [0.15, 0.2) is 0 Å². The van der Waals surface area contributed by atoms with E-state index in [4.69, 9.17) is 0 Å². The quantitative estimate of drug-likeness (QED) is 0.137. The van der Waals surface area contributed by atoms with Gasteiger partial charge < -0.3 is 4.90 Å². The number of aryl methyl sites for hydroxylation is 4. The van der Waals surface area contributed by atoms with E-state index in [2.05, 4.69) is 241 Å². The topological polar surface area (TPSA) is 3.24 Å². The van der Waals surface area contributed by atoms with Crippen LogP contribution in [0.3, 0.4) is 0 Å². The first-order chi connectivity index (χ1) is 34.8. The zero-order valence-corrected chi connectivity index (χ0v) is 44.8. The summed E-state index contributed by atoms with van der Waals surface area (Å²) >= 11 is 1.86. The molecule has 0 saturated heterocycles. The molecule has 1 nitrogen and oxygen atoms in total. The largest absolute Gasteiger partial charge is 0.310 e. The smallest absolute Gasteiger partial charge is 0.0729 e. The first-order valence-electron chi connectivity index (χ1n) is 25.9. The molecule has 1 heterocycles. The third-order valence-electron chi connectivity index (χ3n) is 13.6. The summed E-state index contributed by atoms with van der Waals surface area (Å²) < 4.78 is 1.40. The Hall–Kier alpha value is -7.00. The van der Waals surface area contributed by atoms with E-state index in [1.807, 2.05) is 51.2 Å². The van der Waals surface area contributed by atoms with Gasteiger partial charge in [0.1, 0.15) is 0 Å². The fourth-order valence-electron chi connectivity index (χ4n) is 10.5. The highest BCUT2D eigenvalue weighted by Crippen LogP contribution is 2.66. The summed E-state index contributed by atoms with van der Waals surface area (Å²) in [6.07, 6.45) is 17.2. The Kier molecular flexibility index (Phi) is 17.7. The molecular weight excluding hydrogens is 875 g/mol. The average Bonchev–Trinajstić information content (AvgIpc) is 4.00. The number of benzene rings is 7. The van der Waals surface area contributed by atoms with Crippen molar-refractivity contribution in [2.45, 2.75) is 100 Å². The Morgan fingerprint density at radius 1 is 0.577 bits per heavy atom. The Morgan fingerprint density at radius 2 is 1.18 bits per heavy atom. The third kappa shape index (κ3) is 10.4. The van der Waals surface area contributed by atoms with Gasteiger partial charge in [-0.2, -0.15) is 0 Å². The molecule has 3 aliphatic carbocycles. The minimum Gasteiger partial charge on any atom is -0.310 e. The molecule has 0 amide bonds. The van der Waals surface area contributed by atoms with Gasteiger partial charge in [0, 0.05) is 26.6 Å². The monoisotopic (exact) mass is 948 g/mol. The number of anilines is 3. The zero-order chi connectivity index (χ0) is 50.5. The van der Waals surface area contributed by atoms with Gasteiger partial charge in [-0.1, -0.05) is 217 Å². The van der Waals surface area contributed by atoms with Gasteiger partial charge in [0.2, 0.25) is 0 Å². The first kappa shape index (κ1) is 51.8. The molecule has 1 unspecified atom stereocenters. The number of hydrogen-bond acceptors (Lipinski definition) is 2. The summed E-state index contributed by atoms with van der Waals surface area (Å²) in [5, 5.41) is 1.38. The lowest BCUT2D eigenvalue weighted by atomic mass is 9.67. The van der Waals surface area contributed by atoms with E-state index in [1.54, 1.807) is 0 Å². The molecule has 1 spiro atoms. The molecule has 7 aromatic carbocycles.